The fraction of sp³-hybridized carbons (Fsp3) is 0.172. The summed E-state index contributed by atoms with van der Waals surface area (Å²) >= 11 is 0. The predicted octanol–water partition coefficient (Wildman–Crippen LogP) is 5.48. The second kappa shape index (κ2) is 13.0. The first-order chi connectivity index (χ1) is 19.3. The van der Waals surface area contributed by atoms with Crippen molar-refractivity contribution in [3.63, 3.8) is 0 Å². The Kier molecular flexibility index (Phi) is 8.98. The average Bonchev–Trinajstić information content (AvgIpc) is 2.95. The van der Waals surface area contributed by atoms with Gasteiger partial charge >= 0.3 is 5.63 Å². The van der Waals surface area contributed by atoms with Gasteiger partial charge in [-0.1, -0.05) is 6.07 Å². The average molecular weight is 542 g/mol. The van der Waals surface area contributed by atoms with Gasteiger partial charge in [0.25, 0.3) is 0 Å². The molecule has 1 aromatic heterocycles. The van der Waals surface area contributed by atoms with Gasteiger partial charge in [-0.15, -0.1) is 0 Å². The minimum Gasteiger partial charge on any atom is -0.497 e. The zero-order valence-electron chi connectivity index (χ0n) is 22.1. The Morgan fingerprint density at radius 3 is 2.40 bits per heavy atom. The predicted molar refractivity (Wildman–Crippen MR) is 151 cm³/mol. The van der Waals surface area contributed by atoms with E-state index >= 15 is 0 Å². The Morgan fingerprint density at radius 2 is 1.65 bits per heavy atom. The molecular weight excluding hydrogens is 514 g/mol. The maximum atomic E-state index is 12.5. The van der Waals surface area contributed by atoms with Gasteiger partial charge in [0, 0.05) is 17.1 Å². The van der Waals surface area contributed by atoms with Crippen molar-refractivity contribution in [2.24, 2.45) is 15.3 Å². The molecule has 40 heavy (non-hydrogen) atoms. The van der Waals surface area contributed by atoms with Crippen molar-refractivity contribution in [2.45, 2.75) is 20.3 Å². The SMILES string of the molecule is CCOc1ccc(N=Nc2ccc3oc(=O)c(/C(C)=N\NC(=O)CC(=O)Nc4cccc(OC)c4)cc3c2)cc1. The summed E-state index contributed by atoms with van der Waals surface area (Å²) in [6, 6.07) is 20.6. The highest BCUT2D eigenvalue weighted by Gasteiger charge is 2.12. The summed E-state index contributed by atoms with van der Waals surface area (Å²) in [6.07, 6.45) is -0.469. The van der Waals surface area contributed by atoms with Crippen LogP contribution in [0.4, 0.5) is 17.1 Å². The lowest BCUT2D eigenvalue weighted by Crippen LogP contribution is -2.26. The van der Waals surface area contributed by atoms with Gasteiger partial charge < -0.3 is 19.2 Å². The van der Waals surface area contributed by atoms with Crippen LogP contribution in [0.15, 0.2) is 97.3 Å². The number of fused-ring (bicyclic) bond motifs is 1. The Balaban J connectivity index is 1.42. The molecule has 0 atom stereocenters. The number of amides is 2. The summed E-state index contributed by atoms with van der Waals surface area (Å²) in [5, 5.41) is 15.7. The van der Waals surface area contributed by atoms with E-state index < -0.39 is 23.9 Å². The van der Waals surface area contributed by atoms with Gasteiger partial charge in [0.15, 0.2) is 0 Å². The molecule has 0 bridgehead atoms. The summed E-state index contributed by atoms with van der Waals surface area (Å²) in [4.78, 5) is 37.0. The van der Waals surface area contributed by atoms with Crippen LogP contribution in [0, 0.1) is 0 Å². The van der Waals surface area contributed by atoms with Crippen molar-refractivity contribution in [1.29, 1.82) is 0 Å². The lowest BCUT2D eigenvalue weighted by molar-refractivity contribution is -0.126. The fourth-order valence-corrected chi connectivity index (χ4v) is 3.61. The van der Waals surface area contributed by atoms with Crippen molar-refractivity contribution >= 4 is 45.6 Å². The maximum Gasteiger partial charge on any atom is 0.345 e. The van der Waals surface area contributed by atoms with E-state index in [4.69, 9.17) is 13.9 Å². The minimum absolute atomic E-state index is 0.147. The van der Waals surface area contributed by atoms with Gasteiger partial charge in [-0.25, -0.2) is 10.2 Å². The molecule has 3 aromatic carbocycles. The highest BCUT2D eigenvalue weighted by Crippen LogP contribution is 2.25. The van der Waals surface area contributed by atoms with Gasteiger partial charge in [-0.2, -0.15) is 15.3 Å². The van der Waals surface area contributed by atoms with E-state index in [-0.39, 0.29) is 11.3 Å². The van der Waals surface area contributed by atoms with E-state index in [9.17, 15) is 14.4 Å². The number of nitrogens with one attached hydrogen (secondary N) is 2. The molecule has 2 N–H and O–H groups in total. The fourth-order valence-electron chi connectivity index (χ4n) is 3.61. The number of benzene rings is 3. The maximum absolute atomic E-state index is 12.5. The number of methoxy groups -OCH3 is 1. The molecular formula is C29H27N5O6. The number of carbonyl (C=O) groups is 2. The number of hydrogen-bond acceptors (Lipinski definition) is 9. The second-order valence-electron chi connectivity index (χ2n) is 8.49. The van der Waals surface area contributed by atoms with E-state index in [1.165, 1.54) is 7.11 Å². The Morgan fingerprint density at radius 1 is 0.900 bits per heavy atom. The third-order valence-electron chi connectivity index (χ3n) is 5.56. The molecule has 204 valence electrons. The van der Waals surface area contributed by atoms with Crippen molar-refractivity contribution in [2.75, 3.05) is 19.0 Å². The van der Waals surface area contributed by atoms with E-state index in [0.717, 1.165) is 5.75 Å². The van der Waals surface area contributed by atoms with Gasteiger partial charge in [-0.3, -0.25) is 9.59 Å². The molecule has 0 unspecified atom stereocenters. The van der Waals surface area contributed by atoms with Crippen LogP contribution in [0.25, 0.3) is 11.0 Å². The van der Waals surface area contributed by atoms with Crippen LogP contribution >= 0.6 is 0 Å². The first kappa shape index (κ1) is 27.7. The van der Waals surface area contributed by atoms with E-state index in [1.807, 2.05) is 19.1 Å². The first-order valence-electron chi connectivity index (χ1n) is 12.3. The van der Waals surface area contributed by atoms with Crippen LogP contribution in [-0.4, -0.2) is 31.2 Å². The number of hydrazone groups is 1. The summed E-state index contributed by atoms with van der Waals surface area (Å²) < 4.78 is 16.0. The van der Waals surface area contributed by atoms with Crippen molar-refractivity contribution in [3.8, 4) is 11.5 Å². The molecule has 4 aromatic rings. The van der Waals surface area contributed by atoms with E-state index in [0.29, 0.717) is 40.4 Å². The van der Waals surface area contributed by atoms with E-state index in [2.05, 4.69) is 26.1 Å². The molecule has 0 saturated heterocycles. The van der Waals surface area contributed by atoms with Gasteiger partial charge in [0.2, 0.25) is 11.8 Å². The molecule has 0 aliphatic rings. The molecule has 4 rings (SSSR count). The number of azo groups is 1. The number of anilines is 1. The third-order valence-corrected chi connectivity index (χ3v) is 5.56. The number of hydrogen-bond donors (Lipinski definition) is 2. The molecule has 0 aliphatic heterocycles. The highest BCUT2D eigenvalue weighted by molar-refractivity contribution is 6.05. The molecule has 0 spiro atoms. The highest BCUT2D eigenvalue weighted by atomic mass is 16.5. The quantitative estimate of drug-likeness (QED) is 0.0894. The molecule has 11 heteroatoms. The zero-order valence-corrected chi connectivity index (χ0v) is 22.1. The monoisotopic (exact) mass is 541 g/mol. The molecule has 0 fully saturated rings. The zero-order chi connectivity index (χ0) is 28.5. The Labute approximate surface area is 229 Å². The minimum atomic E-state index is -0.651. The van der Waals surface area contributed by atoms with Crippen LogP contribution < -0.4 is 25.8 Å². The lowest BCUT2D eigenvalue weighted by Gasteiger charge is -2.07. The Hall–Kier alpha value is -5.32. The number of nitrogens with zero attached hydrogens (tertiary/aromatic N) is 3. The largest absolute Gasteiger partial charge is 0.497 e. The smallest absolute Gasteiger partial charge is 0.345 e. The topological polar surface area (TPSA) is 144 Å². The number of rotatable bonds is 10. The summed E-state index contributed by atoms with van der Waals surface area (Å²) in [6.45, 7) is 4.04. The summed E-state index contributed by atoms with van der Waals surface area (Å²) in [5.41, 5.74) is 4.08. The van der Waals surface area contributed by atoms with Gasteiger partial charge in [-0.05, 0) is 74.5 Å². The van der Waals surface area contributed by atoms with Crippen molar-refractivity contribution in [3.05, 3.63) is 88.8 Å². The van der Waals surface area contributed by atoms with Crippen LogP contribution in [0.2, 0.25) is 0 Å². The lowest BCUT2D eigenvalue weighted by atomic mass is 10.1. The summed E-state index contributed by atoms with van der Waals surface area (Å²) in [5.74, 6) is 0.136. The molecule has 1 heterocycles. The second-order valence-corrected chi connectivity index (χ2v) is 8.49. The molecule has 0 radical (unpaired) electrons. The van der Waals surface area contributed by atoms with Crippen LogP contribution in [-0.2, 0) is 9.59 Å². The van der Waals surface area contributed by atoms with Crippen molar-refractivity contribution in [1.82, 2.24) is 5.43 Å². The van der Waals surface area contributed by atoms with Crippen LogP contribution in [0.3, 0.4) is 0 Å². The van der Waals surface area contributed by atoms with Gasteiger partial charge in [0.05, 0.1) is 36.4 Å². The molecule has 0 saturated carbocycles. The molecule has 11 nitrogen and oxygen atoms in total. The van der Waals surface area contributed by atoms with Crippen LogP contribution in [0.5, 0.6) is 11.5 Å². The third kappa shape index (κ3) is 7.38. The normalized spacial score (nSPS) is 11.4. The van der Waals surface area contributed by atoms with Gasteiger partial charge in [0.1, 0.15) is 23.5 Å². The van der Waals surface area contributed by atoms with E-state index in [1.54, 1.807) is 67.6 Å². The van der Waals surface area contributed by atoms with Crippen molar-refractivity contribution < 1.29 is 23.5 Å². The molecule has 0 aliphatic carbocycles. The summed E-state index contributed by atoms with van der Waals surface area (Å²) in [7, 11) is 1.51. The molecule has 2 amide bonds. The standard InChI is InChI=1S/C29H27N5O6/c1-4-39-23-11-8-20(9-12-23)32-33-22-10-13-26-19(14-22)15-25(29(37)40-26)18(2)31-34-28(36)17-27(35)30-21-6-5-7-24(16-21)38-3/h5-16H,4,17H2,1-3H3,(H,30,35)(H,34,36)/b31-18-,33-32?. The Bertz CT molecular complexity index is 1640. The number of ether oxygens (including phenoxy) is 2. The first-order valence-corrected chi connectivity index (χ1v) is 12.3. The number of carbonyl (C=O) groups excluding carboxylic acids is 2. The van der Waals surface area contributed by atoms with Crippen LogP contribution in [0.1, 0.15) is 25.8 Å².